The quantitative estimate of drug-likeness (QED) is 0.504. The lowest BCUT2D eigenvalue weighted by Gasteiger charge is -2.13. The smallest absolute Gasteiger partial charge is 0.417 e. The van der Waals surface area contributed by atoms with Gasteiger partial charge in [-0.05, 0) is 12.3 Å². The van der Waals surface area contributed by atoms with E-state index in [9.17, 15) is 24.0 Å². The summed E-state index contributed by atoms with van der Waals surface area (Å²) >= 11 is 0. The van der Waals surface area contributed by atoms with Crippen LogP contribution in [0, 0.1) is 5.92 Å². The van der Waals surface area contributed by atoms with Crippen molar-refractivity contribution in [2.45, 2.75) is 26.3 Å². The van der Waals surface area contributed by atoms with Gasteiger partial charge in [-0.2, -0.15) is 0 Å². The minimum atomic E-state index is -1.49. The number of hydrogen-bond donors (Lipinski definition) is 1. The molecule has 0 bridgehead atoms. The Labute approximate surface area is 141 Å². The van der Waals surface area contributed by atoms with Crippen LogP contribution in [-0.4, -0.2) is 35.9 Å². The summed E-state index contributed by atoms with van der Waals surface area (Å²) in [6.07, 6.45) is 1.69. The molecule has 1 heterocycles. The van der Waals surface area contributed by atoms with Crippen LogP contribution in [0.25, 0.3) is 0 Å². The molecule has 0 fully saturated rings. The van der Waals surface area contributed by atoms with E-state index in [-0.39, 0.29) is 12.3 Å². The highest BCUT2D eigenvalue weighted by atomic mass is 17.2. The van der Waals surface area contributed by atoms with Crippen molar-refractivity contribution in [1.82, 2.24) is 0 Å². The zero-order valence-electron chi connectivity index (χ0n) is 13.3. The molecule has 0 spiro atoms. The maximum atomic E-state index is 11.8. The average Bonchev–Trinajstić information content (AvgIpc) is 2.53. The molecule has 1 rings (SSSR count). The molecule has 0 aromatic heterocycles. The second-order valence-electron chi connectivity index (χ2n) is 5.08. The largest absolute Gasteiger partial charge is 0.421 e. The summed E-state index contributed by atoms with van der Waals surface area (Å²) in [7, 11) is 0. The maximum absolute atomic E-state index is 11.8. The molecule has 0 aromatic carbocycles. The highest BCUT2D eigenvalue weighted by Crippen LogP contribution is 2.09. The SMILES string of the molecule is CC(C)CC(N)C(=O)O/C1=C/C(=O)OOC(=O)/C=C\C(=O)OOC1=O. The molecule has 11 nitrogen and oxygen atoms in total. The Morgan fingerprint density at radius 2 is 1.52 bits per heavy atom. The molecule has 1 atom stereocenters. The molecule has 0 radical (unpaired) electrons. The van der Waals surface area contributed by atoms with Crippen LogP contribution < -0.4 is 5.73 Å². The highest BCUT2D eigenvalue weighted by Gasteiger charge is 2.26. The predicted octanol–water partition coefficient (Wildman–Crippen LogP) is -0.640. The van der Waals surface area contributed by atoms with Crippen molar-refractivity contribution >= 4 is 29.8 Å². The number of carbonyl (C=O) groups excluding carboxylic acids is 5. The van der Waals surface area contributed by atoms with Crippen molar-refractivity contribution in [3.05, 3.63) is 24.0 Å². The fourth-order valence-electron chi connectivity index (χ4n) is 1.44. The molecule has 2 N–H and O–H groups in total. The van der Waals surface area contributed by atoms with Gasteiger partial charge in [0.15, 0.2) is 0 Å². The first-order valence-corrected chi connectivity index (χ1v) is 6.91. The van der Waals surface area contributed by atoms with Gasteiger partial charge in [-0.15, -0.1) is 0 Å². The number of rotatable bonds is 4. The molecule has 25 heavy (non-hydrogen) atoms. The van der Waals surface area contributed by atoms with E-state index in [0.29, 0.717) is 18.2 Å². The van der Waals surface area contributed by atoms with Gasteiger partial charge in [-0.1, -0.05) is 13.8 Å². The van der Waals surface area contributed by atoms with E-state index in [1.807, 2.05) is 0 Å². The van der Waals surface area contributed by atoms with Crippen LogP contribution >= 0.6 is 0 Å². The minimum Gasteiger partial charge on any atom is -0.417 e. The predicted molar refractivity (Wildman–Crippen MR) is 75.1 cm³/mol. The molecule has 0 aromatic rings. The Kier molecular flexibility index (Phi) is 7.28. The molecular formula is C14H15NO10. The number of esters is 1. The van der Waals surface area contributed by atoms with Crippen LogP contribution in [0.4, 0.5) is 0 Å². The summed E-state index contributed by atoms with van der Waals surface area (Å²) in [5.41, 5.74) is 5.59. The van der Waals surface area contributed by atoms with Crippen molar-refractivity contribution in [3.8, 4) is 0 Å². The number of hydrogen-bond acceptors (Lipinski definition) is 11. The monoisotopic (exact) mass is 357 g/mol. The van der Waals surface area contributed by atoms with E-state index < -0.39 is 41.6 Å². The topological polar surface area (TPSA) is 158 Å². The summed E-state index contributed by atoms with van der Waals surface area (Å²) in [6, 6.07) is -1.09. The van der Waals surface area contributed by atoms with Crippen LogP contribution in [0.1, 0.15) is 20.3 Å². The second-order valence-corrected chi connectivity index (χ2v) is 5.08. The van der Waals surface area contributed by atoms with Crippen molar-refractivity contribution < 1.29 is 48.3 Å². The van der Waals surface area contributed by atoms with Crippen molar-refractivity contribution in [3.63, 3.8) is 0 Å². The van der Waals surface area contributed by atoms with Crippen LogP contribution in [0.5, 0.6) is 0 Å². The highest BCUT2D eigenvalue weighted by molar-refractivity contribution is 5.98. The first kappa shape index (κ1) is 19.8. The lowest BCUT2D eigenvalue weighted by Crippen LogP contribution is -2.34. The molecule has 0 saturated carbocycles. The molecule has 0 saturated heterocycles. The van der Waals surface area contributed by atoms with E-state index in [1.165, 1.54) is 0 Å². The average molecular weight is 357 g/mol. The molecular weight excluding hydrogens is 342 g/mol. The standard InChI is InChI=1S/C14H15NO10/c1-7(2)5-8(15)13(19)21-9-6-12(18)24-22-10(16)3-4-11(17)23-25-14(9)20/h3-4,6-8H,5,15H2,1-2H3/b4-3-,9-6+. The number of nitrogens with two attached hydrogens (primary N) is 1. The lowest BCUT2D eigenvalue weighted by molar-refractivity contribution is -0.255. The van der Waals surface area contributed by atoms with Gasteiger partial charge in [0.1, 0.15) is 6.04 Å². The fraction of sp³-hybridized carbons (Fsp3) is 0.357. The fourth-order valence-corrected chi connectivity index (χ4v) is 1.44. The van der Waals surface area contributed by atoms with Gasteiger partial charge in [0, 0.05) is 12.2 Å². The third kappa shape index (κ3) is 7.26. The third-order valence-electron chi connectivity index (χ3n) is 2.45. The van der Waals surface area contributed by atoms with Gasteiger partial charge < -0.3 is 10.5 Å². The lowest BCUT2D eigenvalue weighted by atomic mass is 10.1. The molecule has 1 aliphatic heterocycles. The van der Waals surface area contributed by atoms with Gasteiger partial charge in [-0.25, -0.2) is 43.5 Å². The number of ether oxygens (including phenoxy) is 1. The Balaban J connectivity index is 2.93. The zero-order valence-corrected chi connectivity index (χ0v) is 13.3. The third-order valence-corrected chi connectivity index (χ3v) is 2.45. The summed E-state index contributed by atoms with van der Waals surface area (Å²) in [6.45, 7) is 3.60. The Morgan fingerprint density at radius 3 is 2.08 bits per heavy atom. The first-order valence-electron chi connectivity index (χ1n) is 6.91. The van der Waals surface area contributed by atoms with E-state index >= 15 is 0 Å². The van der Waals surface area contributed by atoms with Gasteiger partial charge in [0.05, 0.1) is 6.08 Å². The van der Waals surface area contributed by atoms with Crippen molar-refractivity contribution in [1.29, 1.82) is 0 Å². The summed E-state index contributed by atoms with van der Waals surface area (Å²) in [5, 5.41) is 0. The number of carbonyl (C=O) groups is 5. The normalized spacial score (nSPS) is 20.6. The molecule has 1 aliphatic rings. The Hall–Kier alpha value is -3.21. The summed E-state index contributed by atoms with van der Waals surface area (Å²) in [4.78, 5) is 73.5. The van der Waals surface area contributed by atoms with Crippen LogP contribution in [0.3, 0.4) is 0 Å². The Bertz CT molecular complexity index is 634. The van der Waals surface area contributed by atoms with Crippen LogP contribution in [0.15, 0.2) is 24.0 Å². The van der Waals surface area contributed by atoms with E-state index in [4.69, 9.17) is 5.73 Å². The van der Waals surface area contributed by atoms with Crippen molar-refractivity contribution in [2.75, 3.05) is 0 Å². The molecule has 11 heteroatoms. The maximum Gasteiger partial charge on any atom is 0.421 e. The molecule has 136 valence electrons. The van der Waals surface area contributed by atoms with E-state index in [1.54, 1.807) is 13.8 Å². The second kappa shape index (κ2) is 9.17. The first-order chi connectivity index (χ1) is 11.7. The van der Waals surface area contributed by atoms with Gasteiger partial charge in [-0.3, -0.25) is 0 Å². The summed E-state index contributed by atoms with van der Waals surface area (Å²) in [5.74, 6) is -7.30. The van der Waals surface area contributed by atoms with Gasteiger partial charge >= 0.3 is 29.8 Å². The minimum absolute atomic E-state index is 0.0527. The van der Waals surface area contributed by atoms with E-state index in [2.05, 4.69) is 24.3 Å². The summed E-state index contributed by atoms with van der Waals surface area (Å²) < 4.78 is 4.67. The van der Waals surface area contributed by atoms with Gasteiger partial charge in [0.25, 0.3) is 0 Å². The van der Waals surface area contributed by atoms with E-state index in [0.717, 1.165) is 0 Å². The van der Waals surface area contributed by atoms with Gasteiger partial charge in [0.2, 0.25) is 5.76 Å². The molecule has 0 aliphatic carbocycles. The Morgan fingerprint density at radius 1 is 1.00 bits per heavy atom. The zero-order chi connectivity index (χ0) is 19.0. The van der Waals surface area contributed by atoms with Crippen LogP contribution in [-0.2, 0) is 48.3 Å². The van der Waals surface area contributed by atoms with Crippen molar-refractivity contribution in [2.24, 2.45) is 11.7 Å². The molecule has 0 amide bonds. The molecule has 1 unspecified atom stereocenters. The van der Waals surface area contributed by atoms with Crippen LogP contribution in [0.2, 0.25) is 0 Å².